The molecule has 0 spiro atoms. The molecule has 0 aliphatic carbocycles. The van der Waals surface area contributed by atoms with Crippen LogP contribution in [0.3, 0.4) is 0 Å². The summed E-state index contributed by atoms with van der Waals surface area (Å²) in [6.07, 6.45) is 4.77. The number of piperidine rings is 1. The molecular formula is C18H29ClN2O3. The van der Waals surface area contributed by atoms with Gasteiger partial charge < -0.3 is 20.1 Å². The Balaban J connectivity index is 0.00000288. The highest BCUT2D eigenvalue weighted by atomic mass is 35.5. The van der Waals surface area contributed by atoms with Crippen molar-refractivity contribution < 1.29 is 14.3 Å². The fourth-order valence-corrected chi connectivity index (χ4v) is 2.79. The van der Waals surface area contributed by atoms with Gasteiger partial charge in [0.2, 0.25) is 5.91 Å². The molecule has 0 radical (unpaired) electrons. The van der Waals surface area contributed by atoms with E-state index in [0.29, 0.717) is 25.6 Å². The predicted octanol–water partition coefficient (Wildman–Crippen LogP) is 3.24. The molecule has 1 saturated heterocycles. The second-order valence-electron chi connectivity index (χ2n) is 6.00. The third kappa shape index (κ3) is 7.99. The summed E-state index contributed by atoms with van der Waals surface area (Å²) in [5.41, 5.74) is 0.796. The molecule has 5 nitrogen and oxygen atoms in total. The third-order valence-electron chi connectivity index (χ3n) is 4.12. The van der Waals surface area contributed by atoms with Crippen molar-refractivity contribution in [3.63, 3.8) is 0 Å². The quantitative estimate of drug-likeness (QED) is 0.667. The lowest BCUT2D eigenvalue weighted by Gasteiger charge is -2.22. The standard InChI is InChI=1S/C18H28N2O3.ClH/c1-22-12-3-13-23-17-5-2-4-16(14-17)20-18(21)7-6-15-8-10-19-11-9-15;/h2,4-5,14-15,19H,3,6-13H2,1H3,(H,20,21);1H. The molecule has 1 fully saturated rings. The average Bonchev–Trinajstić information content (AvgIpc) is 2.58. The number of nitrogens with one attached hydrogen (secondary N) is 2. The molecule has 0 bridgehead atoms. The Labute approximate surface area is 150 Å². The van der Waals surface area contributed by atoms with Crippen LogP contribution >= 0.6 is 12.4 Å². The Morgan fingerprint density at radius 2 is 2.08 bits per heavy atom. The molecule has 1 aliphatic heterocycles. The zero-order chi connectivity index (χ0) is 16.3. The van der Waals surface area contributed by atoms with E-state index in [9.17, 15) is 4.79 Å². The first kappa shape index (κ1) is 20.7. The van der Waals surface area contributed by atoms with Crippen LogP contribution in [0.15, 0.2) is 24.3 Å². The summed E-state index contributed by atoms with van der Waals surface area (Å²) in [6, 6.07) is 7.56. The van der Waals surface area contributed by atoms with E-state index >= 15 is 0 Å². The number of methoxy groups -OCH3 is 1. The van der Waals surface area contributed by atoms with Gasteiger partial charge in [-0.1, -0.05) is 6.07 Å². The summed E-state index contributed by atoms with van der Waals surface area (Å²) in [6.45, 7) is 3.46. The monoisotopic (exact) mass is 356 g/mol. The molecule has 1 aromatic carbocycles. The van der Waals surface area contributed by atoms with Crippen molar-refractivity contribution in [3.8, 4) is 5.75 Å². The van der Waals surface area contributed by atoms with Gasteiger partial charge in [0.15, 0.2) is 0 Å². The molecule has 2 rings (SSSR count). The fourth-order valence-electron chi connectivity index (χ4n) is 2.79. The zero-order valence-electron chi connectivity index (χ0n) is 14.4. The van der Waals surface area contributed by atoms with Crippen molar-refractivity contribution in [1.29, 1.82) is 0 Å². The number of carbonyl (C=O) groups excluding carboxylic acids is 1. The smallest absolute Gasteiger partial charge is 0.224 e. The predicted molar refractivity (Wildman–Crippen MR) is 99.1 cm³/mol. The van der Waals surface area contributed by atoms with Crippen LogP contribution in [-0.4, -0.2) is 39.3 Å². The molecule has 136 valence electrons. The number of hydrogen-bond donors (Lipinski definition) is 2. The van der Waals surface area contributed by atoms with Crippen LogP contribution in [0.1, 0.15) is 32.1 Å². The second-order valence-corrected chi connectivity index (χ2v) is 6.00. The van der Waals surface area contributed by atoms with E-state index in [0.717, 1.165) is 37.4 Å². The van der Waals surface area contributed by atoms with Crippen molar-refractivity contribution in [3.05, 3.63) is 24.3 Å². The number of benzene rings is 1. The van der Waals surface area contributed by atoms with Crippen molar-refractivity contribution >= 4 is 24.0 Å². The normalized spacial score (nSPS) is 14.7. The molecule has 2 N–H and O–H groups in total. The minimum absolute atomic E-state index is 0. The lowest BCUT2D eigenvalue weighted by atomic mass is 9.93. The van der Waals surface area contributed by atoms with Crippen molar-refractivity contribution in [2.75, 3.05) is 38.7 Å². The van der Waals surface area contributed by atoms with Crippen LogP contribution in [0.2, 0.25) is 0 Å². The summed E-state index contributed by atoms with van der Waals surface area (Å²) in [7, 11) is 1.68. The summed E-state index contributed by atoms with van der Waals surface area (Å²) < 4.78 is 10.6. The molecule has 1 heterocycles. The molecule has 24 heavy (non-hydrogen) atoms. The van der Waals surface area contributed by atoms with Crippen LogP contribution in [0, 0.1) is 5.92 Å². The van der Waals surface area contributed by atoms with Gasteiger partial charge in [-0.05, 0) is 50.4 Å². The molecule has 1 aromatic rings. The average molecular weight is 357 g/mol. The van der Waals surface area contributed by atoms with Crippen LogP contribution in [0.5, 0.6) is 5.75 Å². The lowest BCUT2D eigenvalue weighted by molar-refractivity contribution is -0.116. The summed E-state index contributed by atoms with van der Waals surface area (Å²) >= 11 is 0. The van der Waals surface area contributed by atoms with Gasteiger partial charge >= 0.3 is 0 Å². The Morgan fingerprint density at radius 3 is 2.83 bits per heavy atom. The summed E-state index contributed by atoms with van der Waals surface area (Å²) in [4.78, 5) is 12.1. The topological polar surface area (TPSA) is 59.6 Å². The molecule has 1 aliphatic rings. The van der Waals surface area contributed by atoms with E-state index in [4.69, 9.17) is 9.47 Å². The maximum Gasteiger partial charge on any atom is 0.224 e. The van der Waals surface area contributed by atoms with Gasteiger partial charge in [0.05, 0.1) is 6.61 Å². The van der Waals surface area contributed by atoms with E-state index in [1.54, 1.807) is 7.11 Å². The Morgan fingerprint density at radius 1 is 1.29 bits per heavy atom. The van der Waals surface area contributed by atoms with Gasteiger partial charge in [0, 0.05) is 38.3 Å². The highest BCUT2D eigenvalue weighted by Gasteiger charge is 2.14. The molecule has 0 atom stereocenters. The van der Waals surface area contributed by atoms with E-state index in [1.807, 2.05) is 24.3 Å². The number of hydrogen-bond acceptors (Lipinski definition) is 4. The van der Waals surface area contributed by atoms with Crippen LogP contribution < -0.4 is 15.4 Å². The van der Waals surface area contributed by atoms with Crippen molar-refractivity contribution in [1.82, 2.24) is 5.32 Å². The number of carbonyl (C=O) groups is 1. The first-order chi connectivity index (χ1) is 11.3. The number of rotatable bonds is 9. The zero-order valence-corrected chi connectivity index (χ0v) is 15.2. The summed E-state index contributed by atoms with van der Waals surface area (Å²) in [5, 5.41) is 6.31. The van der Waals surface area contributed by atoms with Crippen LogP contribution in [0.25, 0.3) is 0 Å². The highest BCUT2D eigenvalue weighted by Crippen LogP contribution is 2.20. The largest absolute Gasteiger partial charge is 0.493 e. The summed E-state index contributed by atoms with van der Waals surface area (Å²) in [5.74, 6) is 1.54. The minimum Gasteiger partial charge on any atom is -0.493 e. The van der Waals surface area contributed by atoms with Gasteiger partial charge in [0.1, 0.15) is 5.75 Å². The number of amides is 1. The first-order valence-electron chi connectivity index (χ1n) is 8.50. The van der Waals surface area contributed by atoms with Gasteiger partial charge in [-0.2, -0.15) is 0 Å². The first-order valence-corrected chi connectivity index (χ1v) is 8.50. The van der Waals surface area contributed by atoms with Gasteiger partial charge in [-0.25, -0.2) is 0 Å². The molecule has 0 saturated carbocycles. The lowest BCUT2D eigenvalue weighted by Crippen LogP contribution is -2.28. The minimum atomic E-state index is 0. The van der Waals surface area contributed by atoms with Crippen LogP contribution in [-0.2, 0) is 9.53 Å². The number of anilines is 1. The molecular weight excluding hydrogens is 328 g/mol. The van der Waals surface area contributed by atoms with E-state index < -0.39 is 0 Å². The SMILES string of the molecule is COCCCOc1cccc(NC(=O)CCC2CCNCC2)c1.Cl. The Kier molecular flexibility index (Phi) is 10.5. The molecule has 6 heteroatoms. The fraction of sp³-hybridized carbons (Fsp3) is 0.611. The number of halogens is 1. The van der Waals surface area contributed by atoms with Gasteiger partial charge in [0.25, 0.3) is 0 Å². The Bertz CT molecular complexity index is 479. The van der Waals surface area contributed by atoms with E-state index in [-0.39, 0.29) is 18.3 Å². The maximum absolute atomic E-state index is 12.1. The van der Waals surface area contributed by atoms with Crippen molar-refractivity contribution in [2.45, 2.75) is 32.1 Å². The molecule has 0 unspecified atom stereocenters. The molecule has 1 amide bonds. The van der Waals surface area contributed by atoms with Crippen molar-refractivity contribution in [2.24, 2.45) is 5.92 Å². The third-order valence-corrected chi connectivity index (χ3v) is 4.12. The van der Waals surface area contributed by atoms with Crippen LogP contribution in [0.4, 0.5) is 5.69 Å². The second kappa shape index (κ2) is 12.1. The van der Waals surface area contributed by atoms with E-state index in [1.165, 1.54) is 12.8 Å². The maximum atomic E-state index is 12.1. The highest BCUT2D eigenvalue weighted by molar-refractivity contribution is 5.90. The van der Waals surface area contributed by atoms with Gasteiger partial charge in [-0.3, -0.25) is 4.79 Å². The van der Waals surface area contributed by atoms with E-state index in [2.05, 4.69) is 10.6 Å². The molecule has 0 aromatic heterocycles. The Hall–Kier alpha value is -1.30. The number of ether oxygens (including phenoxy) is 2. The van der Waals surface area contributed by atoms with Gasteiger partial charge in [-0.15, -0.1) is 12.4 Å².